The highest BCUT2D eigenvalue weighted by Gasteiger charge is 2.47. The van der Waals surface area contributed by atoms with E-state index in [-0.39, 0.29) is 18.8 Å². The molecule has 0 fully saturated rings. The van der Waals surface area contributed by atoms with Crippen LogP contribution in [0.3, 0.4) is 0 Å². The first kappa shape index (κ1) is 36.5. The summed E-state index contributed by atoms with van der Waals surface area (Å²) >= 11 is 0. The normalized spacial score (nSPS) is 13.9. The van der Waals surface area contributed by atoms with E-state index in [0.29, 0.717) is 11.8 Å². The van der Waals surface area contributed by atoms with Crippen LogP contribution in [0.25, 0.3) is 27.5 Å². The van der Waals surface area contributed by atoms with Crippen LogP contribution in [0.5, 0.6) is 23.3 Å². The average Bonchev–Trinajstić information content (AvgIpc) is 3.67. The van der Waals surface area contributed by atoms with Crippen LogP contribution in [-0.2, 0) is 5.41 Å². The van der Waals surface area contributed by atoms with Gasteiger partial charge < -0.3 is 23.8 Å². The number of para-hydroxylation sites is 6. The third kappa shape index (κ3) is 5.16. The summed E-state index contributed by atoms with van der Waals surface area (Å²) in [7, 11) is 0. The zero-order valence-electron chi connectivity index (χ0n) is 36.2. The Bertz CT molecular complexity index is 3580. The highest BCUT2D eigenvalue weighted by atomic mass is 16.5. The topological polar surface area (TPSA) is 42.8 Å². The molecular weight excluding hydrogens is 794 g/mol. The first-order valence-corrected chi connectivity index (χ1v) is 22.5. The number of hydrogen-bond acceptors (Lipinski definition) is 5. The molecule has 0 spiro atoms. The van der Waals surface area contributed by atoms with Gasteiger partial charge in [0.05, 0.1) is 16.7 Å². The first-order chi connectivity index (χ1) is 31.9. The molecular formula is C57H40B2N4O2. The van der Waals surface area contributed by atoms with Gasteiger partial charge in [0, 0.05) is 51.0 Å². The highest BCUT2D eigenvalue weighted by molar-refractivity contribution is 7.02. The molecule has 4 aliphatic rings. The number of rotatable bonds is 3. The third-order valence-electron chi connectivity index (χ3n) is 14.0. The Morgan fingerprint density at radius 1 is 0.415 bits per heavy atom. The van der Waals surface area contributed by atoms with Crippen molar-refractivity contribution in [3.63, 3.8) is 0 Å². The standard InChI is InChI=1S/C57H40B2N4O2/c1-57(2,3)35-30-49-53-51(31-35)64-55-43(58(53)41-24-12-16-28-47(41)61(49)36-18-6-4-7-19-36)34-44-56(60-55)65-52-33-38(63-45-26-14-10-22-39(45)40-23-11-15-27-46(40)63)32-50-54(52)59(44)42-25-13-17-29-48(42)62(50)37-20-8-5-9-21-37/h4-34H,1-3H3. The van der Waals surface area contributed by atoms with Crippen molar-refractivity contribution in [3.8, 4) is 28.9 Å². The lowest BCUT2D eigenvalue weighted by atomic mass is 9.31. The van der Waals surface area contributed by atoms with E-state index in [1.165, 1.54) is 27.3 Å². The number of hydrogen-bond donors (Lipinski definition) is 0. The molecule has 0 saturated heterocycles. The molecule has 14 rings (SSSR count). The molecule has 6 heterocycles. The monoisotopic (exact) mass is 834 g/mol. The number of fused-ring (bicyclic) bond motifs is 11. The molecule has 0 atom stereocenters. The molecule has 8 aromatic carbocycles. The Morgan fingerprint density at radius 2 is 0.877 bits per heavy atom. The summed E-state index contributed by atoms with van der Waals surface area (Å²) in [6.45, 7) is 6.52. The van der Waals surface area contributed by atoms with Gasteiger partial charge in [0.15, 0.2) is 0 Å². The summed E-state index contributed by atoms with van der Waals surface area (Å²) in [5.41, 5.74) is 17.8. The van der Waals surface area contributed by atoms with Crippen LogP contribution in [0, 0.1) is 0 Å². The van der Waals surface area contributed by atoms with Crippen LogP contribution in [0.4, 0.5) is 34.1 Å². The van der Waals surface area contributed by atoms with Gasteiger partial charge in [0.2, 0.25) is 11.8 Å². The molecule has 0 aliphatic carbocycles. The number of ether oxygens (including phenoxy) is 2. The summed E-state index contributed by atoms with van der Waals surface area (Å²) in [6, 6.07) is 68.0. The highest BCUT2D eigenvalue weighted by Crippen LogP contribution is 2.46. The first-order valence-electron chi connectivity index (χ1n) is 22.5. The van der Waals surface area contributed by atoms with Gasteiger partial charge in [0.1, 0.15) is 11.5 Å². The van der Waals surface area contributed by atoms with Gasteiger partial charge in [-0.05, 0) is 110 Å². The summed E-state index contributed by atoms with van der Waals surface area (Å²) < 4.78 is 16.7. The number of pyridine rings is 1. The second-order valence-electron chi connectivity index (χ2n) is 18.7. The summed E-state index contributed by atoms with van der Waals surface area (Å²) in [4.78, 5) is 10.3. The molecule has 0 radical (unpaired) electrons. The summed E-state index contributed by atoms with van der Waals surface area (Å²) in [5, 5.41) is 2.42. The Morgan fingerprint density at radius 3 is 1.42 bits per heavy atom. The third-order valence-corrected chi connectivity index (χ3v) is 14.0. The number of aromatic nitrogens is 2. The predicted octanol–water partition coefficient (Wildman–Crippen LogP) is 10.3. The summed E-state index contributed by atoms with van der Waals surface area (Å²) in [5.74, 6) is 2.77. The van der Waals surface area contributed by atoms with Crippen molar-refractivity contribution in [1.82, 2.24) is 9.55 Å². The molecule has 6 nitrogen and oxygen atoms in total. The van der Waals surface area contributed by atoms with Gasteiger partial charge in [-0.15, -0.1) is 0 Å². The van der Waals surface area contributed by atoms with Gasteiger partial charge in [-0.25, -0.2) is 0 Å². The molecule has 2 aromatic heterocycles. The van der Waals surface area contributed by atoms with Crippen molar-refractivity contribution in [3.05, 3.63) is 194 Å². The number of nitrogens with zero attached hydrogens (tertiary/aromatic N) is 4. The Balaban J connectivity index is 1.03. The molecule has 0 N–H and O–H groups in total. The van der Waals surface area contributed by atoms with E-state index < -0.39 is 0 Å². The van der Waals surface area contributed by atoms with Crippen LogP contribution in [-0.4, -0.2) is 23.0 Å². The fraction of sp³-hybridized carbons (Fsp3) is 0.0702. The van der Waals surface area contributed by atoms with E-state index in [4.69, 9.17) is 14.5 Å². The minimum absolute atomic E-state index is 0.120. The van der Waals surface area contributed by atoms with Crippen LogP contribution >= 0.6 is 0 Å². The van der Waals surface area contributed by atoms with E-state index in [1.54, 1.807) is 0 Å². The fourth-order valence-corrected chi connectivity index (χ4v) is 11.2. The van der Waals surface area contributed by atoms with E-state index in [2.05, 4.69) is 223 Å². The molecule has 0 unspecified atom stereocenters. The van der Waals surface area contributed by atoms with Crippen molar-refractivity contribution >= 4 is 102 Å². The lowest BCUT2D eigenvalue weighted by molar-refractivity contribution is 0.430. The smallest absolute Gasteiger partial charge is 0.258 e. The van der Waals surface area contributed by atoms with E-state index >= 15 is 0 Å². The van der Waals surface area contributed by atoms with Gasteiger partial charge in [-0.2, -0.15) is 4.98 Å². The van der Waals surface area contributed by atoms with Gasteiger partial charge in [-0.3, -0.25) is 0 Å². The second kappa shape index (κ2) is 13.3. The summed E-state index contributed by atoms with van der Waals surface area (Å²) in [6.07, 6.45) is 0. The lowest BCUT2D eigenvalue weighted by Crippen LogP contribution is -2.63. The Labute approximate surface area is 378 Å². The fourth-order valence-electron chi connectivity index (χ4n) is 11.2. The van der Waals surface area contributed by atoms with E-state index in [9.17, 15) is 0 Å². The van der Waals surface area contributed by atoms with Gasteiger partial charge in [-0.1, -0.05) is 136 Å². The minimum Gasteiger partial charge on any atom is -0.440 e. The molecule has 0 amide bonds. The SMILES string of the molecule is CC(C)(C)c1cc2c3c(c1)N(c1ccccc1)c1ccccc1B3c1cc3c(nc1O2)Oc1cc(-n2c4ccccc4c4ccccc42)cc2c1B3c1ccccc1N2c1ccccc1. The molecule has 4 aliphatic heterocycles. The van der Waals surface area contributed by atoms with Crippen molar-refractivity contribution in [2.24, 2.45) is 0 Å². The van der Waals surface area contributed by atoms with Crippen molar-refractivity contribution < 1.29 is 9.47 Å². The van der Waals surface area contributed by atoms with Crippen molar-refractivity contribution in [2.75, 3.05) is 9.80 Å². The zero-order chi connectivity index (χ0) is 43.1. The largest absolute Gasteiger partial charge is 0.440 e. The van der Waals surface area contributed by atoms with Crippen LogP contribution in [0.15, 0.2) is 188 Å². The van der Waals surface area contributed by atoms with Crippen LogP contribution in [0.1, 0.15) is 26.3 Å². The number of anilines is 6. The molecule has 8 heteroatoms. The Kier molecular flexibility index (Phi) is 7.46. The van der Waals surface area contributed by atoms with Gasteiger partial charge >= 0.3 is 0 Å². The van der Waals surface area contributed by atoms with Crippen molar-refractivity contribution in [2.45, 2.75) is 26.2 Å². The van der Waals surface area contributed by atoms with Crippen molar-refractivity contribution in [1.29, 1.82) is 0 Å². The lowest BCUT2D eigenvalue weighted by Gasteiger charge is -2.42. The van der Waals surface area contributed by atoms with Crippen LogP contribution < -0.4 is 52.1 Å². The van der Waals surface area contributed by atoms with E-state index in [0.717, 1.165) is 84.2 Å². The minimum atomic E-state index is -0.159. The molecule has 65 heavy (non-hydrogen) atoms. The maximum atomic E-state index is 7.23. The van der Waals surface area contributed by atoms with Gasteiger partial charge in [0.25, 0.3) is 13.4 Å². The molecule has 306 valence electrons. The van der Waals surface area contributed by atoms with Crippen LogP contribution in [0.2, 0.25) is 0 Å². The quantitative estimate of drug-likeness (QED) is 0.166. The zero-order valence-corrected chi connectivity index (χ0v) is 36.2. The average molecular weight is 835 g/mol. The number of benzene rings is 8. The molecule has 0 saturated carbocycles. The second-order valence-corrected chi connectivity index (χ2v) is 18.7. The Hall–Kier alpha value is -7.96. The molecule has 0 bridgehead atoms. The predicted molar refractivity (Wildman–Crippen MR) is 269 cm³/mol. The van der Waals surface area contributed by atoms with E-state index in [1.807, 2.05) is 0 Å². The maximum absolute atomic E-state index is 7.23. The maximum Gasteiger partial charge on any atom is 0.258 e. The molecule has 10 aromatic rings.